The van der Waals surface area contributed by atoms with Gasteiger partial charge in [-0.2, -0.15) is 0 Å². The zero-order valence-corrected chi connectivity index (χ0v) is 17.9. The topological polar surface area (TPSA) is 37.8 Å². The van der Waals surface area contributed by atoms with Crippen LogP contribution in [0.5, 0.6) is 0 Å². The number of hydrogen-bond acceptors (Lipinski definition) is 4. The van der Waals surface area contributed by atoms with E-state index >= 15 is 0 Å². The molecular formula is C22H20BrN3S. The molecule has 0 radical (unpaired) electrons. The third-order valence-electron chi connectivity index (χ3n) is 4.70. The van der Waals surface area contributed by atoms with Crippen LogP contribution in [0.3, 0.4) is 0 Å². The highest BCUT2D eigenvalue weighted by atomic mass is 79.9. The monoisotopic (exact) mass is 437 g/mol. The molecule has 136 valence electrons. The van der Waals surface area contributed by atoms with Crippen molar-refractivity contribution in [1.29, 1.82) is 0 Å². The molecule has 2 aromatic heterocycles. The maximum atomic E-state index is 4.54. The molecule has 0 bridgehead atoms. The Bertz CT molecular complexity index is 1100. The minimum Gasteiger partial charge on any atom is -0.339 e. The Balaban J connectivity index is 1.79. The van der Waals surface area contributed by atoms with E-state index in [0.29, 0.717) is 5.92 Å². The van der Waals surface area contributed by atoms with Gasteiger partial charge in [0.25, 0.3) is 0 Å². The van der Waals surface area contributed by atoms with Crippen molar-refractivity contribution in [3.63, 3.8) is 0 Å². The van der Waals surface area contributed by atoms with Crippen LogP contribution < -0.4 is 5.32 Å². The first-order valence-corrected chi connectivity index (χ1v) is 10.6. The van der Waals surface area contributed by atoms with Crippen LogP contribution in [0.2, 0.25) is 0 Å². The van der Waals surface area contributed by atoms with Crippen molar-refractivity contribution in [2.45, 2.75) is 26.7 Å². The van der Waals surface area contributed by atoms with E-state index < -0.39 is 0 Å². The van der Waals surface area contributed by atoms with Gasteiger partial charge in [0, 0.05) is 21.1 Å². The molecule has 0 aliphatic rings. The van der Waals surface area contributed by atoms with Crippen molar-refractivity contribution >= 4 is 49.0 Å². The highest BCUT2D eigenvalue weighted by Gasteiger charge is 2.14. The van der Waals surface area contributed by atoms with Gasteiger partial charge in [-0.05, 0) is 47.7 Å². The summed E-state index contributed by atoms with van der Waals surface area (Å²) >= 11 is 5.17. The largest absolute Gasteiger partial charge is 0.339 e. The number of aromatic nitrogens is 2. The minimum absolute atomic E-state index is 0.527. The number of thiophene rings is 1. The van der Waals surface area contributed by atoms with Crippen molar-refractivity contribution in [3.8, 4) is 11.1 Å². The van der Waals surface area contributed by atoms with Gasteiger partial charge in [0.15, 0.2) is 0 Å². The van der Waals surface area contributed by atoms with Crippen LogP contribution in [0.4, 0.5) is 11.5 Å². The zero-order valence-electron chi connectivity index (χ0n) is 15.5. The normalized spacial score (nSPS) is 11.3. The maximum Gasteiger partial charge on any atom is 0.143 e. The Hall–Kier alpha value is -2.24. The third kappa shape index (κ3) is 3.62. The van der Waals surface area contributed by atoms with Crippen LogP contribution in [0.15, 0.2) is 58.6 Å². The number of anilines is 2. The van der Waals surface area contributed by atoms with Crippen molar-refractivity contribution in [1.82, 2.24) is 9.97 Å². The molecule has 2 heterocycles. The van der Waals surface area contributed by atoms with Crippen LogP contribution >= 0.6 is 27.3 Å². The van der Waals surface area contributed by atoms with E-state index in [-0.39, 0.29) is 0 Å². The van der Waals surface area contributed by atoms with Gasteiger partial charge < -0.3 is 5.32 Å². The Morgan fingerprint density at radius 3 is 2.52 bits per heavy atom. The summed E-state index contributed by atoms with van der Waals surface area (Å²) in [5.74, 6) is 1.37. The molecule has 3 nitrogen and oxygen atoms in total. The molecule has 0 aliphatic carbocycles. The summed E-state index contributed by atoms with van der Waals surface area (Å²) in [7, 11) is 0. The van der Waals surface area contributed by atoms with Gasteiger partial charge in [-0.3, -0.25) is 0 Å². The fourth-order valence-electron chi connectivity index (χ4n) is 3.12. The molecule has 0 aliphatic heterocycles. The molecule has 2 aromatic carbocycles. The highest BCUT2D eigenvalue weighted by Crippen LogP contribution is 2.38. The summed E-state index contributed by atoms with van der Waals surface area (Å²) in [6.45, 7) is 6.52. The van der Waals surface area contributed by atoms with Crippen molar-refractivity contribution in [2.75, 3.05) is 5.32 Å². The minimum atomic E-state index is 0.527. The smallest absolute Gasteiger partial charge is 0.143 e. The van der Waals surface area contributed by atoms with Gasteiger partial charge in [0.1, 0.15) is 17.0 Å². The van der Waals surface area contributed by atoms with Crippen LogP contribution in [0.25, 0.3) is 21.3 Å². The summed E-state index contributed by atoms with van der Waals surface area (Å²) in [6.07, 6.45) is 1.63. The van der Waals surface area contributed by atoms with E-state index in [4.69, 9.17) is 0 Å². The SMILES string of the molecule is Cc1cc(Br)ccc1Nc1ncnc2scc(-c3ccc(C(C)C)cc3)c12. The molecule has 0 saturated heterocycles. The van der Waals surface area contributed by atoms with Gasteiger partial charge in [-0.1, -0.05) is 54.0 Å². The molecule has 0 amide bonds. The Morgan fingerprint density at radius 2 is 1.81 bits per heavy atom. The predicted octanol–water partition coefficient (Wildman–Crippen LogP) is 7.30. The summed E-state index contributed by atoms with van der Waals surface area (Å²) in [5.41, 5.74) is 5.91. The lowest BCUT2D eigenvalue weighted by Crippen LogP contribution is -1.97. The maximum absolute atomic E-state index is 4.54. The highest BCUT2D eigenvalue weighted by molar-refractivity contribution is 9.10. The van der Waals surface area contributed by atoms with Gasteiger partial charge >= 0.3 is 0 Å². The summed E-state index contributed by atoms with van der Waals surface area (Å²) in [5, 5.41) is 6.74. The van der Waals surface area contributed by atoms with Crippen LogP contribution in [0.1, 0.15) is 30.9 Å². The number of benzene rings is 2. The summed E-state index contributed by atoms with van der Waals surface area (Å²) < 4.78 is 1.07. The number of rotatable bonds is 4. The van der Waals surface area contributed by atoms with Crippen molar-refractivity contribution in [2.24, 2.45) is 0 Å². The second-order valence-corrected chi connectivity index (χ2v) is 8.69. The molecule has 4 aromatic rings. The van der Waals surface area contributed by atoms with E-state index in [2.05, 4.69) is 93.8 Å². The van der Waals surface area contributed by atoms with Gasteiger partial charge in [-0.15, -0.1) is 11.3 Å². The predicted molar refractivity (Wildman–Crippen MR) is 119 cm³/mol. The molecule has 0 atom stereocenters. The second kappa shape index (κ2) is 7.41. The molecule has 4 rings (SSSR count). The molecule has 0 fully saturated rings. The summed E-state index contributed by atoms with van der Waals surface area (Å²) in [6, 6.07) is 15.0. The Labute approximate surface area is 171 Å². The second-order valence-electron chi connectivity index (χ2n) is 6.91. The number of halogens is 1. The summed E-state index contributed by atoms with van der Waals surface area (Å²) in [4.78, 5) is 10.0. The molecule has 5 heteroatoms. The third-order valence-corrected chi connectivity index (χ3v) is 6.08. The Morgan fingerprint density at radius 1 is 1.04 bits per heavy atom. The number of nitrogens with zero attached hydrogens (tertiary/aromatic N) is 2. The zero-order chi connectivity index (χ0) is 19.0. The first kappa shape index (κ1) is 18.1. The Kier molecular flexibility index (Phi) is 4.98. The average molecular weight is 438 g/mol. The molecular weight excluding hydrogens is 418 g/mol. The van der Waals surface area contributed by atoms with Crippen LogP contribution in [-0.4, -0.2) is 9.97 Å². The van der Waals surface area contributed by atoms with E-state index in [1.165, 1.54) is 16.7 Å². The van der Waals surface area contributed by atoms with Gasteiger partial charge in [0.2, 0.25) is 0 Å². The lowest BCUT2D eigenvalue weighted by molar-refractivity contribution is 0.867. The number of hydrogen-bond donors (Lipinski definition) is 1. The average Bonchev–Trinajstić information content (AvgIpc) is 3.09. The molecule has 0 spiro atoms. The number of fused-ring (bicyclic) bond motifs is 1. The van der Waals surface area contributed by atoms with E-state index in [1.54, 1.807) is 17.7 Å². The van der Waals surface area contributed by atoms with E-state index in [9.17, 15) is 0 Å². The number of nitrogens with one attached hydrogen (secondary N) is 1. The van der Waals surface area contributed by atoms with Crippen molar-refractivity contribution in [3.05, 3.63) is 69.8 Å². The first-order valence-electron chi connectivity index (χ1n) is 8.88. The molecule has 1 N–H and O–H groups in total. The molecule has 27 heavy (non-hydrogen) atoms. The quantitative estimate of drug-likeness (QED) is 0.363. The number of aryl methyl sites for hydroxylation is 1. The lowest BCUT2D eigenvalue weighted by atomic mass is 9.99. The van der Waals surface area contributed by atoms with E-state index in [0.717, 1.165) is 31.8 Å². The van der Waals surface area contributed by atoms with Crippen LogP contribution in [-0.2, 0) is 0 Å². The fourth-order valence-corrected chi connectivity index (χ4v) is 4.52. The molecule has 0 saturated carbocycles. The van der Waals surface area contributed by atoms with Gasteiger partial charge in [0.05, 0.1) is 5.39 Å². The lowest BCUT2D eigenvalue weighted by Gasteiger charge is -2.11. The van der Waals surface area contributed by atoms with E-state index in [1.807, 2.05) is 6.07 Å². The van der Waals surface area contributed by atoms with Gasteiger partial charge in [-0.25, -0.2) is 9.97 Å². The first-order chi connectivity index (χ1) is 13.0. The van der Waals surface area contributed by atoms with Crippen molar-refractivity contribution < 1.29 is 0 Å². The van der Waals surface area contributed by atoms with Crippen LogP contribution in [0, 0.1) is 6.92 Å². The standard InChI is InChI=1S/C22H20BrN3S/c1-13(2)15-4-6-16(7-5-15)18-11-27-22-20(18)21(24-12-25-22)26-19-9-8-17(23)10-14(19)3/h4-13H,1-3H3,(H,24,25,26). The molecule has 0 unspecified atom stereocenters. The fraction of sp³-hybridized carbons (Fsp3) is 0.182.